The third kappa shape index (κ3) is 4.38. The van der Waals surface area contributed by atoms with E-state index in [9.17, 15) is 4.79 Å². The lowest BCUT2D eigenvalue weighted by atomic mass is 10.0. The third-order valence-electron chi connectivity index (χ3n) is 5.96. The van der Waals surface area contributed by atoms with Crippen molar-refractivity contribution in [3.8, 4) is 22.3 Å². The Hall–Kier alpha value is -3.97. The van der Waals surface area contributed by atoms with Gasteiger partial charge in [0.2, 0.25) is 0 Å². The Morgan fingerprint density at radius 2 is 0.781 bits per heavy atom. The van der Waals surface area contributed by atoms with Gasteiger partial charge in [-0.3, -0.25) is 4.79 Å². The number of carbonyl (C=O) groups is 1. The van der Waals surface area contributed by atoms with Gasteiger partial charge in [0.15, 0.2) is 5.78 Å². The van der Waals surface area contributed by atoms with Crippen molar-refractivity contribution in [3.63, 3.8) is 0 Å². The Morgan fingerprint density at radius 1 is 0.438 bits per heavy atom. The summed E-state index contributed by atoms with van der Waals surface area (Å²) in [5.41, 5.74) is 8.70. The minimum Gasteiger partial charge on any atom is -0.289 e. The topological polar surface area (TPSA) is 17.1 Å². The van der Waals surface area contributed by atoms with Gasteiger partial charge in [0.1, 0.15) is 0 Å². The standard InChI is InChI=1S/C31H24O/c32-31-29(21-23-11-15-27(16-12-23)25-7-3-1-4-8-25)19-20-30(31)22-24-13-17-28(18-14-24)26-9-5-2-6-10-26/h1-18,21-22H,19-20H2/b29-21-,30-22+. The van der Waals surface area contributed by atoms with Crippen LogP contribution >= 0.6 is 0 Å². The molecule has 0 spiro atoms. The number of allylic oxidation sites excluding steroid dienone is 2. The molecule has 0 heterocycles. The Bertz CT molecular complexity index is 1170. The number of hydrogen-bond acceptors (Lipinski definition) is 1. The SMILES string of the molecule is O=C1/C(=C\c2ccc(-c3ccccc3)cc2)CC/C1=C\c1ccc(-c2ccccc2)cc1. The average molecular weight is 413 g/mol. The molecule has 0 aromatic heterocycles. The quantitative estimate of drug-likeness (QED) is 0.312. The van der Waals surface area contributed by atoms with E-state index in [0.717, 1.165) is 35.1 Å². The van der Waals surface area contributed by atoms with Crippen molar-refractivity contribution in [2.45, 2.75) is 12.8 Å². The molecule has 5 rings (SSSR count). The van der Waals surface area contributed by atoms with E-state index in [1.165, 1.54) is 22.3 Å². The van der Waals surface area contributed by atoms with Crippen LogP contribution in [-0.2, 0) is 4.79 Å². The number of Topliss-reactive ketones (excluding diaryl/α,β-unsaturated/α-hetero) is 1. The van der Waals surface area contributed by atoms with Gasteiger partial charge in [-0.15, -0.1) is 0 Å². The van der Waals surface area contributed by atoms with Crippen molar-refractivity contribution < 1.29 is 4.79 Å². The van der Waals surface area contributed by atoms with Crippen LogP contribution in [-0.4, -0.2) is 5.78 Å². The molecule has 32 heavy (non-hydrogen) atoms. The molecule has 4 aromatic rings. The zero-order valence-electron chi connectivity index (χ0n) is 17.9. The lowest BCUT2D eigenvalue weighted by Gasteiger charge is -2.03. The summed E-state index contributed by atoms with van der Waals surface area (Å²) in [5.74, 6) is 0.171. The predicted molar refractivity (Wildman–Crippen MR) is 134 cm³/mol. The number of carbonyl (C=O) groups excluding carboxylic acids is 1. The van der Waals surface area contributed by atoms with Gasteiger partial charge in [0.25, 0.3) is 0 Å². The summed E-state index contributed by atoms with van der Waals surface area (Å²) in [6.07, 6.45) is 5.67. The molecule has 1 nitrogen and oxygen atoms in total. The zero-order chi connectivity index (χ0) is 21.8. The molecular weight excluding hydrogens is 388 g/mol. The van der Waals surface area contributed by atoms with E-state index in [-0.39, 0.29) is 5.78 Å². The molecule has 0 amide bonds. The third-order valence-corrected chi connectivity index (χ3v) is 5.96. The summed E-state index contributed by atoms with van der Waals surface area (Å²) in [4.78, 5) is 13.0. The molecule has 0 bridgehead atoms. The van der Waals surface area contributed by atoms with E-state index in [1.54, 1.807) is 0 Å². The van der Waals surface area contributed by atoms with Crippen LogP contribution in [0.1, 0.15) is 24.0 Å². The summed E-state index contributed by atoms with van der Waals surface area (Å²) < 4.78 is 0. The molecule has 1 aliphatic carbocycles. The molecule has 0 radical (unpaired) electrons. The lowest BCUT2D eigenvalue weighted by molar-refractivity contribution is -0.111. The molecule has 0 saturated heterocycles. The Balaban J connectivity index is 1.31. The minimum absolute atomic E-state index is 0.171. The highest BCUT2D eigenvalue weighted by atomic mass is 16.1. The predicted octanol–water partition coefficient (Wildman–Crippen LogP) is 7.85. The van der Waals surface area contributed by atoms with Gasteiger partial charge in [0.05, 0.1) is 0 Å². The Labute approximate surface area is 189 Å². The molecule has 1 aliphatic rings. The van der Waals surface area contributed by atoms with Gasteiger partial charge in [-0.05, 0) is 58.4 Å². The maximum absolute atomic E-state index is 13.0. The Morgan fingerprint density at radius 3 is 1.16 bits per heavy atom. The smallest absolute Gasteiger partial charge is 0.185 e. The van der Waals surface area contributed by atoms with Crippen LogP contribution in [0.5, 0.6) is 0 Å². The second-order valence-electron chi connectivity index (χ2n) is 8.14. The van der Waals surface area contributed by atoms with Crippen LogP contribution in [0.4, 0.5) is 0 Å². The molecule has 154 valence electrons. The van der Waals surface area contributed by atoms with E-state index in [2.05, 4.69) is 72.8 Å². The first-order valence-corrected chi connectivity index (χ1v) is 11.0. The van der Waals surface area contributed by atoms with Crippen molar-refractivity contribution in [1.29, 1.82) is 0 Å². The molecule has 0 aliphatic heterocycles. The van der Waals surface area contributed by atoms with Gasteiger partial charge in [0, 0.05) is 11.1 Å². The number of ketones is 1. The largest absolute Gasteiger partial charge is 0.289 e. The Kier molecular flexibility index (Phi) is 5.63. The monoisotopic (exact) mass is 412 g/mol. The number of hydrogen-bond donors (Lipinski definition) is 0. The second kappa shape index (κ2) is 9.03. The summed E-state index contributed by atoms with van der Waals surface area (Å²) >= 11 is 0. The normalized spacial score (nSPS) is 16.1. The second-order valence-corrected chi connectivity index (χ2v) is 8.14. The van der Waals surface area contributed by atoms with Gasteiger partial charge in [-0.2, -0.15) is 0 Å². The average Bonchev–Trinajstić information content (AvgIpc) is 3.20. The molecule has 0 N–H and O–H groups in total. The van der Waals surface area contributed by atoms with Crippen molar-refractivity contribution in [2.75, 3.05) is 0 Å². The van der Waals surface area contributed by atoms with E-state index >= 15 is 0 Å². The number of rotatable bonds is 4. The summed E-state index contributed by atoms with van der Waals surface area (Å²) in [7, 11) is 0. The highest BCUT2D eigenvalue weighted by molar-refractivity contribution is 6.15. The summed E-state index contributed by atoms with van der Waals surface area (Å²) in [6, 6.07) is 37.5. The van der Waals surface area contributed by atoms with E-state index < -0.39 is 0 Å². The van der Waals surface area contributed by atoms with Crippen LogP contribution in [0.2, 0.25) is 0 Å². The molecule has 1 heteroatoms. The molecule has 0 unspecified atom stereocenters. The summed E-state index contributed by atoms with van der Waals surface area (Å²) in [5, 5.41) is 0. The van der Waals surface area contributed by atoms with Crippen LogP contribution in [0, 0.1) is 0 Å². The van der Waals surface area contributed by atoms with E-state index in [0.29, 0.717) is 0 Å². The molecule has 4 aromatic carbocycles. The van der Waals surface area contributed by atoms with Crippen LogP contribution in [0.25, 0.3) is 34.4 Å². The van der Waals surface area contributed by atoms with Gasteiger partial charge < -0.3 is 0 Å². The fourth-order valence-electron chi connectivity index (χ4n) is 4.19. The molecular formula is C31H24O. The van der Waals surface area contributed by atoms with Crippen molar-refractivity contribution in [2.24, 2.45) is 0 Å². The zero-order valence-corrected chi connectivity index (χ0v) is 17.9. The van der Waals surface area contributed by atoms with Gasteiger partial charge in [-0.1, -0.05) is 109 Å². The fourth-order valence-corrected chi connectivity index (χ4v) is 4.19. The van der Waals surface area contributed by atoms with Crippen molar-refractivity contribution in [1.82, 2.24) is 0 Å². The van der Waals surface area contributed by atoms with Crippen LogP contribution in [0.15, 0.2) is 120 Å². The van der Waals surface area contributed by atoms with Gasteiger partial charge in [-0.25, -0.2) is 0 Å². The highest BCUT2D eigenvalue weighted by Crippen LogP contribution is 2.30. The van der Waals surface area contributed by atoms with E-state index in [1.807, 2.05) is 48.6 Å². The van der Waals surface area contributed by atoms with Crippen LogP contribution < -0.4 is 0 Å². The maximum atomic E-state index is 13.0. The lowest BCUT2D eigenvalue weighted by Crippen LogP contribution is -1.95. The minimum atomic E-state index is 0.171. The van der Waals surface area contributed by atoms with Gasteiger partial charge >= 0.3 is 0 Å². The molecule has 1 fully saturated rings. The fraction of sp³-hybridized carbons (Fsp3) is 0.0645. The van der Waals surface area contributed by atoms with Crippen molar-refractivity contribution >= 4 is 17.9 Å². The van der Waals surface area contributed by atoms with Crippen molar-refractivity contribution in [3.05, 3.63) is 131 Å². The summed E-state index contributed by atoms with van der Waals surface area (Å²) in [6.45, 7) is 0. The highest BCUT2D eigenvalue weighted by Gasteiger charge is 2.22. The first kappa shape index (κ1) is 20.0. The first-order valence-electron chi connectivity index (χ1n) is 11.0. The number of benzene rings is 4. The maximum Gasteiger partial charge on any atom is 0.185 e. The van der Waals surface area contributed by atoms with E-state index in [4.69, 9.17) is 0 Å². The van der Waals surface area contributed by atoms with Crippen LogP contribution in [0.3, 0.4) is 0 Å². The molecule has 1 saturated carbocycles. The molecule has 0 atom stereocenters. The first-order chi connectivity index (χ1) is 15.8.